The van der Waals surface area contributed by atoms with Crippen LogP contribution < -0.4 is 5.73 Å². The second-order valence-corrected chi connectivity index (χ2v) is 4.80. The molecule has 0 bridgehead atoms. The first-order valence-corrected chi connectivity index (χ1v) is 6.24. The quantitative estimate of drug-likeness (QED) is 0.866. The Morgan fingerprint density at radius 3 is 2.94 bits per heavy atom. The molecule has 0 saturated carbocycles. The standard InChI is InChI=1S/C11H13F2NOS/c12-8-3-1-2-7(10(8)13)11(14)9-6-16-5-4-15-9/h1-3,9,11H,4-6,14H2. The van der Waals surface area contributed by atoms with Crippen LogP contribution in [0.3, 0.4) is 0 Å². The lowest BCUT2D eigenvalue weighted by Crippen LogP contribution is -2.35. The Morgan fingerprint density at radius 2 is 2.25 bits per heavy atom. The predicted octanol–water partition coefficient (Wildman–Crippen LogP) is 2.10. The first kappa shape index (κ1) is 11.8. The Bertz CT molecular complexity index is 369. The van der Waals surface area contributed by atoms with Gasteiger partial charge >= 0.3 is 0 Å². The van der Waals surface area contributed by atoms with Gasteiger partial charge in [-0.1, -0.05) is 12.1 Å². The van der Waals surface area contributed by atoms with Crippen LogP contribution in [-0.4, -0.2) is 24.2 Å². The van der Waals surface area contributed by atoms with Gasteiger partial charge in [-0.2, -0.15) is 11.8 Å². The zero-order valence-corrected chi connectivity index (χ0v) is 9.47. The first-order chi connectivity index (χ1) is 7.70. The maximum atomic E-state index is 13.5. The number of hydrogen-bond donors (Lipinski definition) is 1. The molecule has 1 fully saturated rings. The fourth-order valence-electron chi connectivity index (χ4n) is 1.69. The molecule has 0 aromatic heterocycles. The van der Waals surface area contributed by atoms with Gasteiger partial charge in [-0.05, 0) is 6.07 Å². The molecule has 5 heteroatoms. The van der Waals surface area contributed by atoms with Crippen molar-refractivity contribution in [3.05, 3.63) is 35.4 Å². The van der Waals surface area contributed by atoms with Crippen LogP contribution in [0, 0.1) is 11.6 Å². The van der Waals surface area contributed by atoms with Gasteiger partial charge in [0.2, 0.25) is 0 Å². The molecule has 0 spiro atoms. The molecular weight excluding hydrogens is 232 g/mol. The smallest absolute Gasteiger partial charge is 0.163 e. The lowest BCUT2D eigenvalue weighted by Gasteiger charge is -2.28. The highest BCUT2D eigenvalue weighted by Gasteiger charge is 2.26. The fourth-order valence-corrected chi connectivity index (χ4v) is 2.61. The van der Waals surface area contributed by atoms with Crippen molar-refractivity contribution in [2.45, 2.75) is 12.1 Å². The molecule has 1 aliphatic rings. The summed E-state index contributed by atoms with van der Waals surface area (Å²) in [5.74, 6) is -0.0861. The van der Waals surface area contributed by atoms with Gasteiger partial charge in [-0.25, -0.2) is 8.78 Å². The summed E-state index contributed by atoms with van der Waals surface area (Å²) in [6.07, 6.45) is -0.241. The number of thioether (sulfide) groups is 1. The first-order valence-electron chi connectivity index (χ1n) is 5.09. The predicted molar refractivity (Wildman–Crippen MR) is 60.4 cm³/mol. The van der Waals surface area contributed by atoms with Crippen LogP contribution in [0.2, 0.25) is 0 Å². The molecule has 2 nitrogen and oxygen atoms in total. The summed E-state index contributed by atoms with van der Waals surface area (Å²) in [5.41, 5.74) is 6.08. The molecule has 1 aromatic carbocycles. The third-order valence-electron chi connectivity index (χ3n) is 2.58. The van der Waals surface area contributed by atoms with Crippen molar-refractivity contribution < 1.29 is 13.5 Å². The molecule has 88 valence electrons. The van der Waals surface area contributed by atoms with Crippen molar-refractivity contribution in [2.75, 3.05) is 18.1 Å². The molecule has 2 unspecified atom stereocenters. The van der Waals surface area contributed by atoms with E-state index in [1.807, 2.05) is 0 Å². The highest BCUT2D eigenvalue weighted by atomic mass is 32.2. The second-order valence-electron chi connectivity index (χ2n) is 3.65. The van der Waals surface area contributed by atoms with E-state index in [2.05, 4.69) is 0 Å². The van der Waals surface area contributed by atoms with Gasteiger partial charge < -0.3 is 10.5 Å². The summed E-state index contributed by atoms with van der Waals surface area (Å²) >= 11 is 1.71. The van der Waals surface area contributed by atoms with Crippen LogP contribution in [0.1, 0.15) is 11.6 Å². The van der Waals surface area contributed by atoms with Crippen LogP contribution in [-0.2, 0) is 4.74 Å². The highest BCUT2D eigenvalue weighted by molar-refractivity contribution is 7.99. The van der Waals surface area contributed by atoms with E-state index in [1.165, 1.54) is 12.1 Å². The van der Waals surface area contributed by atoms with Gasteiger partial charge in [0, 0.05) is 17.1 Å². The molecule has 2 N–H and O–H groups in total. The minimum Gasteiger partial charge on any atom is -0.375 e. The number of rotatable bonds is 2. The van der Waals surface area contributed by atoms with Crippen LogP contribution >= 0.6 is 11.8 Å². The average molecular weight is 245 g/mol. The molecule has 0 amide bonds. The van der Waals surface area contributed by atoms with Crippen LogP contribution in [0.25, 0.3) is 0 Å². The summed E-state index contributed by atoms with van der Waals surface area (Å²) in [7, 11) is 0. The minimum absolute atomic E-state index is 0.188. The Kier molecular flexibility index (Phi) is 3.78. The fraction of sp³-hybridized carbons (Fsp3) is 0.455. The minimum atomic E-state index is -0.867. The number of hydrogen-bond acceptors (Lipinski definition) is 3. The van der Waals surface area contributed by atoms with E-state index < -0.39 is 17.7 Å². The topological polar surface area (TPSA) is 35.2 Å². The number of halogens is 2. The molecule has 16 heavy (non-hydrogen) atoms. The lowest BCUT2D eigenvalue weighted by molar-refractivity contribution is 0.0559. The van der Waals surface area contributed by atoms with E-state index in [-0.39, 0.29) is 11.7 Å². The molecule has 1 aliphatic heterocycles. The van der Waals surface area contributed by atoms with Crippen molar-refractivity contribution in [1.82, 2.24) is 0 Å². The van der Waals surface area contributed by atoms with E-state index >= 15 is 0 Å². The SMILES string of the molecule is NC(c1cccc(F)c1F)C1CSCCO1. The lowest BCUT2D eigenvalue weighted by atomic mass is 10.0. The van der Waals surface area contributed by atoms with Gasteiger partial charge in [0.1, 0.15) is 0 Å². The van der Waals surface area contributed by atoms with Crippen molar-refractivity contribution in [2.24, 2.45) is 5.73 Å². The zero-order valence-electron chi connectivity index (χ0n) is 8.66. The normalized spacial score (nSPS) is 23.1. The summed E-state index contributed by atoms with van der Waals surface area (Å²) in [4.78, 5) is 0. The highest BCUT2D eigenvalue weighted by Crippen LogP contribution is 2.26. The van der Waals surface area contributed by atoms with E-state index in [9.17, 15) is 8.78 Å². The summed E-state index contributed by atoms with van der Waals surface area (Å²) in [6, 6.07) is 3.45. The monoisotopic (exact) mass is 245 g/mol. The Morgan fingerprint density at radius 1 is 1.44 bits per heavy atom. The zero-order chi connectivity index (χ0) is 11.5. The van der Waals surface area contributed by atoms with Crippen molar-refractivity contribution >= 4 is 11.8 Å². The van der Waals surface area contributed by atoms with E-state index in [1.54, 1.807) is 11.8 Å². The van der Waals surface area contributed by atoms with E-state index in [0.717, 1.165) is 17.6 Å². The largest absolute Gasteiger partial charge is 0.375 e. The number of nitrogens with two attached hydrogens (primary N) is 1. The number of benzene rings is 1. The van der Waals surface area contributed by atoms with Crippen LogP contribution in [0.4, 0.5) is 8.78 Å². The third-order valence-corrected chi connectivity index (χ3v) is 3.60. The van der Waals surface area contributed by atoms with Crippen molar-refractivity contribution in [1.29, 1.82) is 0 Å². The maximum Gasteiger partial charge on any atom is 0.163 e. The van der Waals surface area contributed by atoms with Crippen molar-refractivity contribution in [3.63, 3.8) is 0 Å². The third kappa shape index (κ3) is 2.36. The molecule has 1 saturated heterocycles. The molecule has 1 heterocycles. The van der Waals surface area contributed by atoms with Gasteiger partial charge in [-0.3, -0.25) is 0 Å². The molecule has 2 atom stereocenters. The van der Waals surface area contributed by atoms with Gasteiger partial charge in [-0.15, -0.1) is 0 Å². The summed E-state index contributed by atoms with van der Waals surface area (Å²) in [5, 5.41) is 0. The maximum absolute atomic E-state index is 13.5. The van der Waals surface area contributed by atoms with Gasteiger partial charge in [0.25, 0.3) is 0 Å². The second kappa shape index (κ2) is 5.12. The Hall–Kier alpha value is -0.650. The van der Waals surface area contributed by atoms with Crippen molar-refractivity contribution in [3.8, 4) is 0 Å². The molecule has 2 rings (SSSR count). The molecule has 1 aromatic rings. The molecule has 0 radical (unpaired) electrons. The molecular formula is C11H13F2NOS. The van der Waals surface area contributed by atoms with Gasteiger partial charge in [0.05, 0.1) is 18.8 Å². The summed E-state index contributed by atoms with van der Waals surface area (Å²) in [6.45, 7) is 0.611. The average Bonchev–Trinajstić information content (AvgIpc) is 2.33. The van der Waals surface area contributed by atoms with E-state index in [4.69, 9.17) is 10.5 Å². The summed E-state index contributed by atoms with van der Waals surface area (Å²) < 4.78 is 32.0. The van der Waals surface area contributed by atoms with Crippen LogP contribution in [0.15, 0.2) is 18.2 Å². The van der Waals surface area contributed by atoms with Crippen LogP contribution in [0.5, 0.6) is 0 Å². The Balaban J connectivity index is 2.19. The van der Waals surface area contributed by atoms with Gasteiger partial charge in [0.15, 0.2) is 11.6 Å². The number of ether oxygens (including phenoxy) is 1. The van der Waals surface area contributed by atoms with E-state index in [0.29, 0.717) is 6.61 Å². The molecule has 0 aliphatic carbocycles. The Labute approximate surface area is 97.2 Å².